The maximum atomic E-state index is 10.3. The number of hydrogen-bond donors (Lipinski definition) is 2. The average Bonchev–Trinajstić information content (AvgIpc) is 2.97. The minimum Gasteiger partial charge on any atom is -0.473 e. The van der Waals surface area contributed by atoms with Crippen molar-refractivity contribution in [2.75, 3.05) is 0 Å². The topological polar surface area (TPSA) is 62.8 Å². The first kappa shape index (κ1) is 15.6. The summed E-state index contributed by atoms with van der Waals surface area (Å²) in [5.41, 5.74) is -0.420. The van der Waals surface area contributed by atoms with Gasteiger partial charge in [-0.05, 0) is 58.1 Å². The second-order valence-corrected chi connectivity index (χ2v) is 6.76. The van der Waals surface area contributed by atoms with Gasteiger partial charge in [0.25, 0.3) is 0 Å². The van der Waals surface area contributed by atoms with E-state index in [2.05, 4.69) is 0 Å². The Morgan fingerprint density at radius 2 is 1.85 bits per heavy atom. The van der Waals surface area contributed by atoms with Crippen molar-refractivity contribution < 1.29 is 19.2 Å². The molecule has 0 radical (unpaired) electrons. The van der Waals surface area contributed by atoms with Crippen LogP contribution in [-0.4, -0.2) is 28.5 Å². The SMILES string of the molecule is CC(C)(O)C(C)(C)OB(O)c1occc1C1CCCC1. The standard InChI is InChI=1S/C15H25BO4/c1-14(2,17)15(3,4)20-16(18)13-12(9-10-19-13)11-7-5-6-8-11/h9-11,17-18H,5-8H2,1-4H3. The van der Waals surface area contributed by atoms with Gasteiger partial charge in [0.2, 0.25) is 0 Å². The summed E-state index contributed by atoms with van der Waals surface area (Å²) in [6.45, 7) is 6.85. The van der Waals surface area contributed by atoms with Crippen LogP contribution in [0.1, 0.15) is 64.9 Å². The van der Waals surface area contributed by atoms with E-state index in [1.165, 1.54) is 12.8 Å². The molecule has 0 spiro atoms. The van der Waals surface area contributed by atoms with E-state index in [-0.39, 0.29) is 0 Å². The van der Waals surface area contributed by atoms with Crippen molar-refractivity contribution in [3.05, 3.63) is 17.9 Å². The van der Waals surface area contributed by atoms with Crippen molar-refractivity contribution >= 4 is 12.8 Å². The van der Waals surface area contributed by atoms with Gasteiger partial charge in [0, 0.05) is 0 Å². The van der Waals surface area contributed by atoms with Crippen LogP contribution in [0.15, 0.2) is 16.7 Å². The van der Waals surface area contributed by atoms with Gasteiger partial charge in [-0.2, -0.15) is 0 Å². The molecule has 5 heteroatoms. The van der Waals surface area contributed by atoms with E-state index in [1.807, 2.05) is 6.07 Å². The maximum absolute atomic E-state index is 10.3. The summed E-state index contributed by atoms with van der Waals surface area (Å²) in [4.78, 5) is 0. The monoisotopic (exact) mass is 280 g/mol. The Labute approximate surface area is 121 Å². The molecule has 2 rings (SSSR count). The second-order valence-electron chi connectivity index (χ2n) is 6.76. The predicted octanol–water partition coefficient (Wildman–Crippen LogP) is 2.19. The van der Waals surface area contributed by atoms with Crippen molar-refractivity contribution in [3.8, 4) is 0 Å². The summed E-state index contributed by atoms with van der Waals surface area (Å²) < 4.78 is 11.1. The van der Waals surface area contributed by atoms with E-state index in [1.54, 1.807) is 34.0 Å². The molecule has 1 aliphatic rings. The molecule has 20 heavy (non-hydrogen) atoms. The van der Waals surface area contributed by atoms with Crippen molar-refractivity contribution in [3.63, 3.8) is 0 Å². The van der Waals surface area contributed by atoms with Gasteiger partial charge in [0.05, 0.1) is 17.5 Å². The molecule has 0 saturated heterocycles. The molecule has 1 aromatic rings. The molecule has 0 aromatic carbocycles. The first-order valence-corrected chi connectivity index (χ1v) is 7.38. The quantitative estimate of drug-likeness (QED) is 0.812. The first-order valence-electron chi connectivity index (χ1n) is 7.38. The van der Waals surface area contributed by atoms with Gasteiger partial charge in [-0.1, -0.05) is 12.8 Å². The Kier molecular flexibility index (Phi) is 4.33. The van der Waals surface area contributed by atoms with E-state index >= 15 is 0 Å². The van der Waals surface area contributed by atoms with Gasteiger partial charge in [0.15, 0.2) is 0 Å². The minimum absolute atomic E-state index is 0.451. The zero-order chi connectivity index (χ0) is 15.0. The lowest BCUT2D eigenvalue weighted by atomic mass is 9.77. The summed E-state index contributed by atoms with van der Waals surface area (Å²) in [6, 6.07) is 1.93. The van der Waals surface area contributed by atoms with Crippen LogP contribution in [0.5, 0.6) is 0 Å². The van der Waals surface area contributed by atoms with Crippen LogP contribution < -0.4 is 5.66 Å². The Balaban J connectivity index is 2.14. The second kappa shape index (κ2) is 5.55. The van der Waals surface area contributed by atoms with Crippen LogP contribution in [0.25, 0.3) is 0 Å². The molecule has 1 saturated carbocycles. The summed E-state index contributed by atoms with van der Waals surface area (Å²) in [5, 5.41) is 20.4. The zero-order valence-corrected chi connectivity index (χ0v) is 12.8. The van der Waals surface area contributed by atoms with Gasteiger partial charge in [-0.3, -0.25) is 0 Å². The van der Waals surface area contributed by atoms with Crippen LogP contribution >= 0.6 is 0 Å². The highest BCUT2D eigenvalue weighted by atomic mass is 16.6. The molecule has 1 heterocycles. The maximum Gasteiger partial charge on any atom is 0.529 e. The summed E-state index contributed by atoms with van der Waals surface area (Å²) in [6.07, 6.45) is 6.32. The first-order chi connectivity index (χ1) is 9.22. The van der Waals surface area contributed by atoms with Gasteiger partial charge in [-0.25, -0.2) is 0 Å². The molecule has 112 valence electrons. The van der Waals surface area contributed by atoms with E-state index in [0.29, 0.717) is 11.6 Å². The lowest BCUT2D eigenvalue weighted by Crippen LogP contribution is -2.53. The molecule has 1 aliphatic carbocycles. The third kappa shape index (κ3) is 3.10. The van der Waals surface area contributed by atoms with Crippen molar-refractivity contribution in [1.29, 1.82) is 0 Å². The molecule has 1 fully saturated rings. The lowest BCUT2D eigenvalue weighted by molar-refractivity contribution is -0.0986. The fraction of sp³-hybridized carbons (Fsp3) is 0.733. The third-order valence-corrected chi connectivity index (χ3v) is 4.63. The molecular weight excluding hydrogens is 255 g/mol. The molecule has 0 amide bonds. The number of furan rings is 1. The van der Waals surface area contributed by atoms with Gasteiger partial charge in [-0.15, -0.1) is 0 Å². The minimum atomic E-state index is -1.15. The molecular formula is C15H25BO4. The molecule has 0 bridgehead atoms. The van der Waals surface area contributed by atoms with Gasteiger partial charge in [0.1, 0.15) is 5.66 Å². The number of aliphatic hydroxyl groups is 1. The van der Waals surface area contributed by atoms with Crippen LogP contribution in [-0.2, 0) is 4.65 Å². The third-order valence-electron chi connectivity index (χ3n) is 4.63. The Bertz CT molecular complexity index is 441. The smallest absolute Gasteiger partial charge is 0.473 e. The predicted molar refractivity (Wildman–Crippen MR) is 79.0 cm³/mol. The van der Waals surface area contributed by atoms with Crippen LogP contribution in [0.3, 0.4) is 0 Å². The van der Waals surface area contributed by atoms with Gasteiger partial charge >= 0.3 is 7.12 Å². The number of hydrogen-bond acceptors (Lipinski definition) is 4. The molecule has 4 nitrogen and oxygen atoms in total. The normalized spacial score (nSPS) is 17.7. The van der Waals surface area contributed by atoms with Crippen LogP contribution in [0.4, 0.5) is 0 Å². The van der Waals surface area contributed by atoms with E-state index in [4.69, 9.17) is 9.07 Å². The largest absolute Gasteiger partial charge is 0.529 e. The molecule has 0 aliphatic heterocycles. The number of rotatable bonds is 5. The highest BCUT2D eigenvalue weighted by molar-refractivity contribution is 6.59. The zero-order valence-electron chi connectivity index (χ0n) is 12.8. The van der Waals surface area contributed by atoms with Crippen molar-refractivity contribution in [2.45, 2.75) is 70.5 Å². The fourth-order valence-corrected chi connectivity index (χ4v) is 2.58. The average molecular weight is 280 g/mol. The van der Waals surface area contributed by atoms with E-state index in [9.17, 15) is 10.1 Å². The highest BCUT2D eigenvalue weighted by Gasteiger charge is 2.41. The van der Waals surface area contributed by atoms with Crippen LogP contribution in [0.2, 0.25) is 0 Å². The van der Waals surface area contributed by atoms with Gasteiger partial charge < -0.3 is 19.2 Å². The highest BCUT2D eigenvalue weighted by Crippen LogP contribution is 2.34. The summed E-state index contributed by atoms with van der Waals surface area (Å²) in [7, 11) is -1.15. The molecule has 2 N–H and O–H groups in total. The van der Waals surface area contributed by atoms with Crippen molar-refractivity contribution in [2.24, 2.45) is 0 Å². The summed E-state index contributed by atoms with van der Waals surface area (Å²) >= 11 is 0. The van der Waals surface area contributed by atoms with E-state index < -0.39 is 18.3 Å². The lowest BCUT2D eigenvalue weighted by Gasteiger charge is -2.38. The molecule has 0 unspecified atom stereocenters. The van der Waals surface area contributed by atoms with Crippen molar-refractivity contribution in [1.82, 2.24) is 0 Å². The molecule has 0 atom stereocenters. The van der Waals surface area contributed by atoms with Crippen LogP contribution in [0, 0.1) is 0 Å². The Morgan fingerprint density at radius 3 is 2.40 bits per heavy atom. The molecule has 1 aromatic heterocycles. The Morgan fingerprint density at radius 1 is 1.25 bits per heavy atom. The summed E-state index contributed by atoms with van der Waals surface area (Å²) in [5.74, 6) is 0.451. The fourth-order valence-electron chi connectivity index (χ4n) is 2.58. The Hall–Kier alpha value is -0.775. The van der Waals surface area contributed by atoms with E-state index in [0.717, 1.165) is 18.4 Å².